The SMILES string of the molecule is CC1CN(C(C)C(=O)Nc2cccc(CN)c2)C(C)CO1. The molecule has 116 valence electrons. The Morgan fingerprint density at radius 1 is 1.52 bits per heavy atom. The molecule has 5 nitrogen and oxygen atoms in total. The van der Waals surface area contributed by atoms with E-state index in [4.69, 9.17) is 10.5 Å². The van der Waals surface area contributed by atoms with Gasteiger partial charge in [-0.2, -0.15) is 0 Å². The number of hydrogen-bond acceptors (Lipinski definition) is 4. The highest BCUT2D eigenvalue weighted by atomic mass is 16.5. The molecular weight excluding hydrogens is 266 g/mol. The van der Waals surface area contributed by atoms with Gasteiger partial charge < -0.3 is 15.8 Å². The third-order valence-corrected chi connectivity index (χ3v) is 3.96. The highest BCUT2D eigenvalue weighted by molar-refractivity contribution is 5.94. The van der Waals surface area contributed by atoms with E-state index < -0.39 is 0 Å². The fourth-order valence-electron chi connectivity index (χ4n) is 2.64. The first-order valence-corrected chi connectivity index (χ1v) is 7.48. The van der Waals surface area contributed by atoms with Crippen LogP contribution >= 0.6 is 0 Å². The number of rotatable bonds is 4. The number of hydrogen-bond donors (Lipinski definition) is 2. The number of morpholine rings is 1. The van der Waals surface area contributed by atoms with Crippen LogP contribution in [0.5, 0.6) is 0 Å². The number of nitrogens with zero attached hydrogens (tertiary/aromatic N) is 1. The van der Waals surface area contributed by atoms with Crippen LogP contribution in [0.15, 0.2) is 24.3 Å². The monoisotopic (exact) mass is 291 g/mol. The number of anilines is 1. The van der Waals surface area contributed by atoms with Gasteiger partial charge in [-0.3, -0.25) is 9.69 Å². The Morgan fingerprint density at radius 2 is 2.29 bits per heavy atom. The second-order valence-electron chi connectivity index (χ2n) is 5.76. The van der Waals surface area contributed by atoms with E-state index in [1.54, 1.807) is 0 Å². The summed E-state index contributed by atoms with van der Waals surface area (Å²) in [7, 11) is 0. The van der Waals surface area contributed by atoms with Crippen molar-refractivity contribution in [3.63, 3.8) is 0 Å². The van der Waals surface area contributed by atoms with E-state index in [0.29, 0.717) is 13.2 Å². The first-order chi connectivity index (χ1) is 10.0. The van der Waals surface area contributed by atoms with Crippen molar-refractivity contribution in [1.82, 2.24) is 4.90 Å². The average Bonchev–Trinajstić information content (AvgIpc) is 2.49. The number of ether oxygens (including phenoxy) is 1. The summed E-state index contributed by atoms with van der Waals surface area (Å²) in [5, 5.41) is 2.97. The molecule has 0 radical (unpaired) electrons. The molecule has 3 unspecified atom stereocenters. The van der Waals surface area contributed by atoms with Crippen molar-refractivity contribution in [3.05, 3.63) is 29.8 Å². The van der Waals surface area contributed by atoms with Crippen LogP contribution in [0.2, 0.25) is 0 Å². The number of nitrogens with two attached hydrogens (primary N) is 1. The number of carbonyl (C=O) groups excluding carboxylic acids is 1. The van der Waals surface area contributed by atoms with Crippen LogP contribution in [0, 0.1) is 0 Å². The smallest absolute Gasteiger partial charge is 0.241 e. The van der Waals surface area contributed by atoms with E-state index in [-0.39, 0.29) is 24.1 Å². The minimum Gasteiger partial charge on any atom is -0.376 e. The van der Waals surface area contributed by atoms with Crippen LogP contribution in [0.3, 0.4) is 0 Å². The zero-order chi connectivity index (χ0) is 15.4. The molecule has 0 saturated carbocycles. The van der Waals surface area contributed by atoms with Crippen LogP contribution < -0.4 is 11.1 Å². The molecule has 1 aromatic rings. The van der Waals surface area contributed by atoms with E-state index in [2.05, 4.69) is 17.1 Å². The van der Waals surface area contributed by atoms with Crippen molar-refractivity contribution in [3.8, 4) is 0 Å². The van der Waals surface area contributed by atoms with Crippen LogP contribution in [0.4, 0.5) is 5.69 Å². The van der Waals surface area contributed by atoms with Gasteiger partial charge in [0.15, 0.2) is 0 Å². The Morgan fingerprint density at radius 3 is 3.00 bits per heavy atom. The summed E-state index contributed by atoms with van der Waals surface area (Å²) in [6.07, 6.45) is 0.164. The molecule has 0 aliphatic carbocycles. The topological polar surface area (TPSA) is 67.6 Å². The van der Waals surface area contributed by atoms with Crippen molar-refractivity contribution < 1.29 is 9.53 Å². The number of amides is 1. The second kappa shape index (κ2) is 7.02. The Kier molecular flexibility index (Phi) is 5.33. The zero-order valence-electron chi connectivity index (χ0n) is 13.0. The van der Waals surface area contributed by atoms with Crippen molar-refractivity contribution in [2.75, 3.05) is 18.5 Å². The minimum atomic E-state index is -0.187. The Labute approximate surface area is 126 Å². The molecule has 1 fully saturated rings. The maximum atomic E-state index is 12.4. The van der Waals surface area contributed by atoms with Gasteiger partial charge in [-0.15, -0.1) is 0 Å². The molecule has 3 atom stereocenters. The van der Waals surface area contributed by atoms with E-state index >= 15 is 0 Å². The lowest BCUT2D eigenvalue weighted by atomic mass is 10.1. The van der Waals surface area contributed by atoms with Crippen LogP contribution in [0.25, 0.3) is 0 Å². The van der Waals surface area contributed by atoms with Crippen LogP contribution in [-0.4, -0.2) is 42.1 Å². The van der Waals surface area contributed by atoms with Gasteiger partial charge in [-0.05, 0) is 38.5 Å². The van der Waals surface area contributed by atoms with Gasteiger partial charge in [0.25, 0.3) is 0 Å². The maximum Gasteiger partial charge on any atom is 0.241 e. The molecule has 21 heavy (non-hydrogen) atoms. The van der Waals surface area contributed by atoms with Crippen LogP contribution in [-0.2, 0) is 16.1 Å². The summed E-state index contributed by atoms with van der Waals surface area (Å²) >= 11 is 0. The van der Waals surface area contributed by atoms with Crippen molar-refractivity contribution in [1.29, 1.82) is 0 Å². The second-order valence-corrected chi connectivity index (χ2v) is 5.76. The molecule has 0 bridgehead atoms. The summed E-state index contributed by atoms with van der Waals surface area (Å²) in [6.45, 7) is 7.98. The Balaban J connectivity index is 2.01. The summed E-state index contributed by atoms with van der Waals surface area (Å²) in [6, 6.07) is 7.71. The fraction of sp³-hybridized carbons (Fsp3) is 0.562. The molecule has 1 aliphatic rings. The van der Waals surface area contributed by atoms with Crippen LogP contribution in [0.1, 0.15) is 26.3 Å². The third kappa shape index (κ3) is 4.03. The number of benzene rings is 1. The average molecular weight is 291 g/mol. The Bertz CT molecular complexity index is 492. The summed E-state index contributed by atoms with van der Waals surface area (Å²) in [5.41, 5.74) is 7.43. The quantitative estimate of drug-likeness (QED) is 0.884. The molecule has 1 aromatic carbocycles. The summed E-state index contributed by atoms with van der Waals surface area (Å²) in [4.78, 5) is 14.6. The van der Waals surface area contributed by atoms with Gasteiger partial charge in [0, 0.05) is 24.8 Å². The normalized spacial score (nSPS) is 24.6. The molecular formula is C16H25N3O2. The highest BCUT2D eigenvalue weighted by Crippen LogP contribution is 2.17. The molecule has 2 rings (SSSR count). The molecule has 1 saturated heterocycles. The van der Waals surface area contributed by atoms with Gasteiger partial charge >= 0.3 is 0 Å². The zero-order valence-corrected chi connectivity index (χ0v) is 13.0. The van der Waals surface area contributed by atoms with Crippen molar-refractivity contribution in [2.45, 2.75) is 45.5 Å². The lowest BCUT2D eigenvalue weighted by Gasteiger charge is -2.39. The predicted octanol–water partition coefficient (Wildman–Crippen LogP) is 1.58. The fourth-order valence-corrected chi connectivity index (χ4v) is 2.64. The molecule has 0 aromatic heterocycles. The number of carbonyl (C=O) groups is 1. The lowest BCUT2D eigenvalue weighted by Crippen LogP contribution is -2.54. The first-order valence-electron chi connectivity index (χ1n) is 7.48. The summed E-state index contributed by atoms with van der Waals surface area (Å²) in [5.74, 6) is 0.00474. The lowest BCUT2D eigenvalue weighted by molar-refractivity contribution is -0.126. The maximum absolute atomic E-state index is 12.4. The largest absolute Gasteiger partial charge is 0.376 e. The van der Waals surface area contributed by atoms with E-state index in [1.165, 1.54) is 0 Å². The Hall–Kier alpha value is -1.43. The van der Waals surface area contributed by atoms with Gasteiger partial charge in [0.05, 0.1) is 18.8 Å². The van der Waals surface area contributed by atoms with Crippen molar-refractivity contribution >= 4 is 11.6 Å². The molecule has 5 heteroatoms. The molecule has 1 heterocycles. The number of nitrogens with one attached hydrogen (secondary N) is 1. The van der Waals surface area contributed by atoms with Gasteiger partial charge in [-0.25, -0.2) is 0 Å². The van der Waals surface area contributed by atoms with Gasteiger partial charge in [0.2, 0.25) is 5.91 Å². The van der Waals surface area contributed by atoms with Crippen molar-refractivity contribution in [2.24, 2.45) is 5.73 Å². The predicted molar refractivity (Wildman–Crippen MR) is 84.0 cm³/mol. The van der Waals surface area contributed by atoms with Gasteiger partial charge in [-0.1, -0.05) is 12.1 Å². The van der Waals surface area contributed by atoms with E-state index in [1.807, 2.05) is 38.1 Å². The first kappa shape index (κ1) is 15.9. The highest BCUT2D eigenvalue weighted by Gasteiger charge is 2.30. The molecule has 0 spiro atoms. The molecule has 1 aliphatic heterocycles. The third-order valence-electron chi connectivity index (χ3n) is 3.96. The van der Waals surface area contributed by atoms with E-state index in [0.717, 1.165) is 17.8 Å². The minimum absolute atomic E-state index is 0.00474. The molecule has 1 amide bonds. The van der Waals surface area contributed by atoms with E-state index in [9.17, 15) is 4.79 Å². The van der Waals surface area contributed by atoms with Gasteiger partial charge in [0.1, 0.15) is 0 Å². The summed E-state index contributed by atoms with van der Waals surface area (Å²) < 4.78 is 5.61. The standard InChI is InChI=1S/C16H25N3O2/c1-11-10-21-12(2)9-19(11)13(3)16(20)18-15-6-4-5-14(7-15)8-17/h4-7,11-13H,8-10,17H2,1-3H3,(H,18,20). The molecule has 3 N–H and O–H groups in total.